The normalized spacial score (nSPS) is 11.2. The molecule has 0 amide bonds. The molecular weight excluding hydrogens is 469 g/mol. The van der Waals surface area contributed by atoms with Crippen LogP contribution in [-0.4, -0.2) is 7.11 Å². The summed E-state index contributed by atoms with van der Waals surface area (Å²) >= 11 is 3.56. The van der Waals surface area contributed by atoms with E-state index in [2.05, 4.69) is 22.0 Å². The van der Waals surface area contributed by atoms with Crippen LogP contribution in [0.3, 0.4) is 0 Å². The van der Waals surface area contributed by atoms with Gasteiger partial charge in [0, 0.05) is 10.0 Å². The average molecular weight is 488 g/mol. The Hall–Kier alpha value is -3.62. The second kappa shape index (κ2) is 9.67. The first-order valence-corrected chi connectivity index (χ1v) is 10.7. The summed E-state index contributed by atoms with van der Waals surface area (Å²) in [7, 11) is 1.54. The van der Waals surface area contributed by atoms with Crippen molar-refractivity contribution >= 4 is 38.4 Å². The van der Waals surface area contributed by atoms with Crippen molar-refractivity contribution < 1.29 is 13.9 Å². The summed E-state index contributed by atoms with van der Waals surface area (Å²) in [6.45, 7) is 0.0746. The van der Waals surface area contributed by atoms with Gasteiger partial charge in [0.05, 0.1) is 18.8 Å². The third kappa shape index (κ3) is 4.66. The van der Waals surface area contributed by atoms with Crippen LogP contribution in [0, 0.1) is 17.1 Å². The number of hydrogen-bond donors (Lipinski definition) is 0. The van der Waals surface area contributed by atoms with Crippen molar-refractivity contribution in [3.8, 4) is 17.6 Å². The van der Waals surface area contributed by atoms with Gasteiger partial charge < -0.3 is 9.47 Å². The van der Waals surface area contributed by atoms with Crippen LogP contribution in [0.25, 0.3) is 22.4 Å². The first kappa shape index (κ1) is 21.6. The van der Waals surface area contributed by atoms with Crippen LogP contribution in [0.1, 0.15) is 16.7 Å². The first-order valence-electron chi connectivity index (χ1n) is 9.94. The summed E-state index contributed by atoms with van der Waals surface area (Å²) in [5, 5.41) is 12.0. The highest BCUT2D eigenvalue weighted by Crippen LogP contribution is 2.36. The van der Waals surface area contributed by atoms with E-state index >= 15 is 0 Å². The quantitative estimate of drug-likeness (QED) is 0.210. The number of nitriles is 1. The first-order chi connectivity index (χ1) is 15.6. The second-order valence-corrected chi connectivity index (χ2v) is 7.99. The maximum absolute atomic E-state index is 13.9. The molecule has 32 heavy (non-hydrogen) atoms. The molecule has 0 bridgehead atoms. The van der Waals surface area contributed by atoms with Crippen molar-refractivity contribution in [1.29, 1.82) is 5.26 Å². The van der Waals surface area contributed by atoms with Crippen molar-refractivity contribution in [2.45, 2.75) is 6.61 Å². The van der Waals surface area contributed by atoms with Gasteiger partial charge in [-0.3, -0.25) is 0 Å². The van der Waals surface area contributed by atoms with Crippen LogP contribution in [-0.2, 0) is 6.61 Å². The molecule has 0 radical (unpaired) electrons. The molecule has 0 spiro atoms. The summed E-state index contributed by atoms with van der Waals surface area (Å²) in [6, 6.07) is 26.3. The Morgan fingerprint density at radius 3 is 2.47 bits per heavy atom. The minimum absolute atomic E-state index is 0.0746. The standard InChI is InChI=1S/C27H19BrFNO2/c1-31-26-14-22(24(28)15-27(26)32-17-21-8-4-5-9-25(21)29)13-23(16-30)20-11-10-18-6-2-3-7-19(18)12-20/h2-15H,17H2,1H3/b23-13-. The lowest BCUT2D eigenvalue weighted by molar-refractivity contribution is 0.279. The van der Waals surface area contributed by atoms with Gasteiger partial charge in [-0.15, -0.1) is 0 Å². The molecule has 0 aliphatic rings. The van der Waals surface area contributed by atoms with E-state index < -0.39 is 0 Å². The maximum atomic E-state index is 13.9. The zero-order valence-corrected chi connectivity index (χ0v) is 18.9. The molecule has 3 nitrogen and oxygen atoms in total. The van der Waals surface area contributed by atoms with E-state index in [1.54, 1.807) is 43.5 Å². The number of fused-ring (bicyclic) bond motifs is 1. The summed E-state index contributed by atoms with van der Waals surface area (Å²) in [6.07, 6.45) is 1.80. The Balaban J connectivity index is 1.65. The second-order valence-electron chi connectivity index (χ2n) is 7.14. The van der Waals surface area contributed by atoms with Gasteiger partial charge in [0.25, 0.3) is 0 Å². The van der Waals surface area contributed by atoms with Gasteiger partial charge in [0.15, 0.2) is 11.5 Å². The summed E-state index contributed by atoms with van der Waals surface area (Å²) in [5.74, 6) is 0.648. The monoisotopic (exact) mass is 487 g/mol. The van der Waals surface area contributed by atoms with Crippen LogP contribution < -0.4 is 9.47 Å². The van der Waals surface area contributed by atoms with Crippen molar-refractivity contribution in [2.24, 2.45) is 0 Å². The Labute approximate surface area is 194 Å². The van der Waals surface area contributed by atoms with E-state index in [0.29, 0.717) is 22.6 Å². The lowest BCUT2D eigenvalue weighted by Gasteiger charge is -2.13. The molecule has 158 valence electrons. The highest BCUT2D eigenvalue weighted by atomic mass is 79.9. The van der Waals surface area contributed by atoms with Gasteiger partial charge in [-0.25, -0.2) is 4.39 Å². The molecule has 0 unspecified atom stereocenters. The molecule has 4 rings (SSSR count). The van der Waals surface area contributed by atoms with Crippen LogP contribution in [0.15, 0.2) is 83.3 Å². The van der Waals surface area contributed by atoms with Crippen LogP contribution in [0.2, 0.25) is 0 Å². The predicted octanol–water partition coefficient (Wildman–Crippen LogP) is 7.39. The van der Waals surface area contributed by atoms with Gasteiger partial charge >= 0.3 is 0 Å². The van der Waals surface area contributed by atoms with E-state index in [-0.39, 0.29) is 12.4 Å². The minimum Gasteiger partial charge on any atom is -0.493 e. The predicted molar refractivity (Wildman–Crippen MR) is 129 cm³/mol. The summed E-state index contributed by atoms with van der Waals surface area (Å²) in [5.41, 5.74) is 2.58. The number of benzene rings is 4. The SMILES string of the molecule is COc1cc(/C=C(/C#N)c2ccc3ccccc3c2)c(Br)cc1OCc1ccccc1F. The van der Waals surface area contributed by atoms with E-state index in [1.807, 2.05) is 42.5 Å². The number of halogens is 2. The highest BCUT2D eigenvalue weighted by molar-refractivity contribution is 9.10. The molecule has 0 heterocycles. The zero-order chi connectivity index (χ0) is 22.5. The minimum atomic E-state index is -0.320. The van der Waals surface area contributed by atoms with Crippen LogP contribution in [0.5, 0.6) is 11.5 Å². The molecule has 5 heteroatoms. The maximum Gasteiger partial charge on any atom is 0.162 e. The van der Waals surface area contributed by atoms with E-state index in [0.717, 1.165) is 26.4 Å². The van der Waals surface area contributed by atoms with Gasteiger partial charge in [-0.05, 0) is 52.2 Å². The Morgan fingerprint density at radius 1 is 0.969 bits per heavy atom. The average Bonchev–Trinajstić information content (AvgIpc) is 2.82. The Bertz CT molecular complexity index is 1360. The Morgan fingerprint density at radius 2 is 1.72 bits per heavy atom. The Kier molecular flexibility index (Phi) is 6.53. The van der Waals surface area contributed by atoms with Gasteiger partial charge in [-0.1, -0.05) is 70.5 Å². The van der Waals surface area contributed by atoms with E-state index in [1.165, 1.54) is 6.07 Å². The zero-order valence-electron chi connectivity index (χ0n) is 17.3. The molecule has 4 aromatic rings. The number of hydrogen-bond acceptors (Lipinski definition) is 3. The summed E-state index contributed by atoms with van der Waals surface area (Å²) in [4.78, 5) is 0. The lowest BCUT2D eigenvalue weighted by atomic mass is 10.00. The molecule has 0 atom stereocenters. The molecule has 0 fully saturated rings. The van der Waals surface area contributed by atoms with Crippen molar-refractivity contribution in [3.63, 3.8) is 0 Å². The molecule has 0 saturated carbocycles. The van der Waals surface area contributed by atoms with Crippen molar-refractivity contribution in [2.75, 3.05) is 7.11 Å². The molecular formula is C27H19BrFNO2. The number of ether oxygens (including phenoxy) is 2. The van der Waals surface area contributed by atoms with Gasteiger partial charge in [-0.2, -0.15) is 5.26 Å². The molecule has 0 aliphatic heterocycles. The number of methoxy groups -OCH3 is 1. The molecule has 0 N–H and O–H groups in total. The molecule has 0 aromatic heterocycles. The number of nitrogens with zero attached hydrogens (tertiary/aromatic N) is 1. The third-order valence-electron chi connectivity index (χ3n) is 5.10. The van der Waals surface area contributed by atoms with Gasteiger partial charge in [0.1, 0.15) is 12.4 Å². The van der Waals surface area contributed by atoms with E-state index in [9.17, 15) is 9.65 Å². The van der Waals surface area contributed by atoms with E-state index in [4.69, 9.17) is 9.47 Å². The topological polar surface area (TPSA) is 42.2 Å². The summed E-state index contributed by atoms with van der Waals surface area (Å²) < 4.78 is 25.9. The highest BCUT2D eigenvalue weighted by Gasteiger charge is 2.12. The largest absolute Gasteiger partial charge is 0.493 e. The third-order valence-corrected chi connectivity index (χ3v) is 5.79. The van der Waals surface area contributed by atoms with Crippen molar-refractivity contribution in [3.05, 3.63) is 106 Å². The van der Waals surface area contributed by atoms with Crippen LogP contribution in [0.4, 0.5) is 4.39 Å². The number of allylic oxidation sites excluding steroid dienone is 1. The molecule has 4 aromatic carbocycles. The lowest BCUT2D eigenvalue weighted by Crippen LogP contribution is -2.00. The molecule has 0 aliphatic carbocycles. The fourth-order valence-corrected chi connectivity index (χ4v) is 3.83. The van der Waals surface area contributed by atoms with Crippen molar-refractivity contribution in [1.82, 2.24) is 0 Å². The fourth-order valence-electron chi connectivity index (χ4n) is 3.40. The van der Waals surface area contributed by atoms with Crippen LogP contribution >= 0.6 is 15.9 Å². The number of rotatable bonds is 6. The van der Waals surface area contributed by atoms with Gasteiger partial charge in [0.2, 0.25) is 0 Å². The molecule has 0 saturated heterocycles. The fraction of sp³-hybridized carbons (Fsp3) is 0.0741. The smallest absolute Gasteiger partial charge is 0.162 e.